The first-order valence-corrected chi connectivity index (χ1v) is 8.56. The molecule has 1 fully saturated rings. The van der Waals surface area contributed by atoms with E-state index in [-0.39, 0.29) is 11.7 Å². The van der Waals surface area contributed by atoms with E-state index in [0.29, 0.717) is 29.0 Å². The van der Waals surface area contributed by atoms with Crippen LogP contribution in [0.1, 0.15) is 12.8 Å². The number of ether oxygens (including phenoxy) is 1. The first kappa shape index (κ1) is 15.2. The Kier molecular flexibility index (Phi) is 3.49. The van der Waals surface area contributed by atoms with Gasteiger partial charge in [-0.15, -0.1) is 5.10 Å². The Morgan fingerprint density at radius 2 is 2.23 bits per heavy atom. The molecule has 0 N–H and O–H groups in total. The van der Waals surface area contributed by atoms with Gasteiger partial charge in [0.2, 0.25) is 0 Å². The maximum absolute atomic E-state index is 12.8. The van der Waals surface area contributed by atoms with Crippen molar-refractivity contribution in [1.82, 2.24) is 29.1 Å². The van der Waals surface area contributed by atoms with Gasteiger partial charge in [0.15, 0.2) is 5.82 Å². The summed E-state index contributed by atoms with van der Waals surface area (Å²) in [7, 11) is 0. The van der Waals surface area contributed by atoms with Gasteiger partial charge in [0.25, 0.3) is 11.3 Å². The van der Waals surface area contributed by atoms with Crippen molar-refractivity contribution >= 4 is 16.7 Å². The lowest BCUT2D eigenvalue weighted by molar-refractivity contribution is 0.0963. The zero-order valence-corrected chi connectivity index (χ0v) is 13.9. The van der Waals surface area contributed by atoms with Crippen molar-refractivity contribution in [2.45, 2.75) is 25.5 Å². The van der Waals surface area contributed by atoms with Crippen LogP contribution in [0.2, 0.25) is 0 Å². The summed E-state index contributed by atoms with van der Waals surface area (Å²) in [4.78, 5) is 25.7. The van der Waals surface area contributed by atoms with Gasteiger partial charge in [-0.05, 0) is 31.0 Å². The number of pyridine rings is 2. The van der Waals surface area contributed by atoms with Crippen LogP contribution in [0.15, 0.2) is 47.8 Å². The molecule has 0 saturated carbocycles. The van der Waals surface area contributed by atoms with Crippen LogP contribution in [-0.4, -0.2) is 41.8 Å². The van der Waals surface area contributed by atoms with Crippen molar-refractivity contribution in [2.75, 3.05) is 6.61 Å². The number of hydrogen-bond acceptors (Lipinski definition) is 6. The first-order chi connectivity index (χ1) is 12.8. The maximum atomic E-state index is 12.8. The molecular weight excluding hydrogens is 332 g/mol. The lowest BCUT2D eigenvalue weighted by Crippen LogP contribution is -2.26. The van der Waals surface area contributed by atoms with Crippen molar-refractivity contribution in [3.05, 3.63) is 53.3 Å². The third kappa shape index (κ3) is 2.46. The van der Waals surface area contributed by atoms with E-state index in [1.54, 1.807) is 33.9 Å². The van der Waals surface area contributed by atoms with Gasteiger partial charge in [-0.3, -0.25) is 9.78 Å². The van der Waals surface area contributed by atoms with Crippen molar-refractivity contribution in [1.29, 1.82) is 0 Å². The summed E-state index contributed by atoms with van der Waals surface area (Å²) in [6.45, 7) is 1.33. The molecule has 4 aromatic heterocycles. The molecule has 130 valence electrons. The molecule has 1 saturated heterocycles. The minimum atomic E-state index is -0.0918. The van der Waals surface area contributed by atoms with Gasteiger partial charge in [-0.1, -0.05) is 0 Å². The van der Waals surface area contributed by atoms with Crippen LogP contribution in [0.3, 0.4) is 0 Å². The summed E-state index contributed by atoms with van der Waals surface area (Å²) < 4.78 is 8.93. The highest BCUT2D eigenvalue weighted by Crippen LogP contribution is 2.18. The molecule has 8 heteroatoms. The minimum Gasteiger partial charge on any atom is -0.376 e. The summed E-state index contributed by atoms with van der Waals surface area (Å²) >= 11 is 0. The van der Waals surface area contributed by atoms with E-state index in [0.717, 1.165) is 25.0 Å². The van der Waals surface area contributed by atoms with Crippen LogP contribution < -0.4 is 5.56 Å². The Bertz CT molecular complexity index is 1140. The predicted molar refractivity (Wildman–Crippen MR) is 94.8 cm³/mol. The minimum absolute atomic E-state index is 0.0918. The summed E-state index contributed by atoms with van der Waals surface area (Å²) in [6, 6.07) is 5.59. The molecular formula is C18H16N6O2. The average Bonchev–Trinajstić information content (AvgIpc) is 3.34. The Morgan fingerprint density at radius 3 is 3.04 bits per heavy atom. The largest absolute Gasteiger partial charge is 0.376 e. The van der Waals surface area contributed by atoms with Crippen molar-refractivity contribution in [3.63, 3.8) is 0 Å². The number of aromatic nitrogens is 6. The number of nitrogens with zero attached hydrogens (tertiary/aromatic N) is 6. The van der Waals surface area contributed by atoms with Crippen molar-refractivity contribution in [3.8, 4) is 11.4 Å². The van der Waals surface area contributed by atoms with Crippen LogP contribution in [0, 0.1) is 0 Å². The smallest absolute Gasteiger partial charge is 0.261 e. The van der Waals surface area contributed by atoms with E-state index in [1.165, 1.54) is 0 Å². The zero-order valence-electron chi connectivity index (χ0n) is 13.9. The van der Waals surface area contributed by atoms with Gasteiger partial charge < -0.3 is 9.30 Å². The monoisotopic (exact) mass is 348 g/mol. The fourth-order valence-corrected chi connectivity index (χ4v) is 3.33. The van der Waals surface area contributed by atoms with Gasteiger partial charge >= 0.3 is 0 Å². The molecule has 8 nitrogen and oxygen atoms in total. The molecule has 4 aromatic rings. The van der Waals surface area contributed by atoms with E-state index >= 15 is 0 Å². The number of rotatable bonds is 3. The molecule has 5 rings (SSSR count). The van der Waals surface area contributed by atoms with Gasteiger partial charge in [0.05, 0.1) is 23.6 Å². The van der Waals surface area contributed by atoms with E-state index in [2.05, 4.69) is 20.1 Å². The van der Waals surface area contributed by atoms with Crippen LogP contribution in [0.5, 0.6) is 0 Å². The molecule has 0 radical (unpaired) electrons. The van der Waals surface area contributed by atoms with Crippen molar-refractivity contribution in [2.24, 2.45) is 0 Å². The lowest BCUT2D eigenvalue weighted by atomic mass is 10.2. The van der Waals surface area contributed by atoms with Crippen molar-refractivity contribution < 1.29 is 4.74 Å². The summed E-state index contributed by atoms with van der Waals surface area (Å²) in [5, 5.41) is 5.03. The molecule has 0 aliphatic carbocycles. The quantitative estimate of drug-likeness (QED) is 0.560. The predicted octanol–water partition coefficient (Wildman–Crippen LogP) is 1.68. The first-order valence-electron chi connectivity index (χ1n) is 8.56. The fraction of sp³-hybridized carbons (Fsp3) is 0.278. The highest BCUT2D eigenvalue weighted by molar-refractivity contribution is 5.79. The topological polar surface area (TPSA) is 87.2 Å². The normalized spacial score (nSPS) is 17.3. The van der Waals surface area contributed by atoms with E-state index < -0.39 is 0 Å². The van der Waals surface area contributed by atoms with Gasteiger partial charge in [0.1, 0.15) is 0 Å². The third-order valence-corrected chi connectivity index (χ3v) is 4.65. The molecule has 0 bridgehead atoms. The Balaban J connectivity index is 1.62. The molecule has 0 amide bonds. The third-order valence-electron chi connectivity index (χ3n) is 4.65. The molecule has 26 heavy (non-hydrogen) atoms. The SMILES string of the molecule is O=c1c2cnc3nc(-c4cccnc4)nn3c2ccn1C[C@@H]1CCCO1. The average molecular weight is 348 g/mol. The molecule has 1 aliphatic heterocycles. The standard InChI is InChI=1S/C18H16N6O2/c25-17-14-10-20-18-21-16(12-3-1-6-19-9-12)22-24(18)15(14)5-7-23(17)11-13-4-2-8-26-13/h1,3,5-7,9-10,13H,2,4,8,11H2/t13-/m0/s1. The number of fused-ring (bicyclic) bond motifs is 3. The Labute approximate surface area is 148 Å². The second-order valence-electron chi connectivity index (χ2n) is 6.35. The van der Waals surface area contributed by atoms with Gasteiger partial charge in [-0.2, -0.15) is 9.50 Å². The summed E-state index contributed by atoms with van der Waals surface area (Å²) in [5.41, 5.74) is 1.40. The molecule has 0 spiro atoms. The van der Waals surface area contributed by atoms with Gasteiger partial charge in [0, 0.05) is 37.0 Å². The second kappa shape index (κ2) is 5.99. The maximum Gasteiger partial charge on any atom is 0.261 e. The summed E-state index contributed by atoms with van der Waals surface area (Å²) in [6.07, 6.45) is 8.89. The van der Waals surface area contributed by atoms with E-state index in [4.69, 9.17) is 4.74 Å². The molecule has 1 atom stereocenters. The molecule has 5 heterocycles. The van der Waals surface area contributed by atoms with Crippen LogP contribution in [0.4, 0.5) is 0 Å². The fourth-order valence-electron chi connectivity index (χ4n) is 3.33. The zero-order chi connectivity index (χ0) is 17.5. The Hall–Kier alpha value is -3.13. The van der Waals surface area contributed by atoms with E-state index in [1.807, 2.05) is 18.2 Å². The molecule has 0 aromatic carbocycles. The van der Waals surface area contributed by atoms with Crippen LogP contribution in [0.25, 0.3) is 28.1 Å². The Morgan fingerprint density at radius 1 is 1.27 bits per heavy atom. The summed E-state index contributed by atoms with van der Waals surface area (Å²) in [5.74, 6) is 0.981. The second-order valence-corrected chi connectivity index (χ2v) is 6.35. The number of hydrogen-bond donors (Lipinski definition) is 0. The van der Waals surface area contributed by atoms with E-state index in [9.17, 15) is 4.79 Å². The highest BCUT2D eigenvalue weighted by atomic mass is 16.5. The lowest BCUT2D eigenvalue weighted by Gasteiger charge is -2.12. The van der Waals surface area contributed by atoms with Crippen LogP contribution in [-0.2, 0) is 11.3 Å². The molecule has 0 unspecified atom stereocenters. The van der Waals surface area contributed by atoms with Gasteiger partial charge in [-0.25, -0.2) is 4.98 Å². The highest BCUT2D eigenvalue weighted by Gasteiger charge is 2.18. The molecule has 1 aliphatic rings. The van der Waals surface area contributed by atoms with Crippen LogP contribution >= 0.6 is 0 Å².